The van der Waals surface area contributed by atoms with Crippen molar-refractivity contribution in [1.82, 2.24) is 19.8 Å². The summed E-state index contributed by atoms with van der Waals surface area (Å²) in [5.74, 6) is -0.0538. The van der Waals surface area contributed by atoms with Crippen molar-refractivity contribution in [3.63, 3.8) is 0 Å². The predicted octanol–water partition coefficient (Wildman–Crippen LogP) is 0.0616. The van der Waals surface area contributed by atoms with Gasteiger partial charge in [0, 0.05) is 38.4 Å². The number of hydrogen-bond acceptors (Lipinski definition) is 3. The number of nitrogens with one attached hydrogen (secondary N) is 1. The van der Waals surface area contributed by atoms with Crippen LogP contribution in [0.2, 0.25) is 0 Å². The Balaban J connectivity index is 1.94. The zero-order valence-electron chi connectivity index (χ0n) is 9.09. The highest BCUT2D eigenvalue weighted by Crippen LogP contribution is 2.10. The summed E-state index contributed by atoms with van der Waals surface area (Å²) in [5.41, 5.74) is 0. The molecule has 0 aromatic carbocycles. The Morgan fingerprint density at radius 3 is 2.94 bits per heavy atom. The molecule has 0 saturated carbocycles. The minimum Gasteiger partial charge on any atom is -0.352 e. The molecule has 0 spiro atoms. The predicted molar refractivity (Wildman–Crippen MR) is 56.8 cm³/mol. The van der Waals surface area contributed by atoms with Crippen molar-refractivity contribution in [2.75, 3.05) is 13.1 Å². The van der Waals surface area contributed by atoms with Crippen LogP contribution in [-0.4, -0.2) is 45.5 Å². The average Bonchev–Trinajstić information content (AvgIpc) is 2.84. The number of likely N-dealkylation sites (tertiary alicyclic amines) is 1. The normalized spacial score (nSPS) is 19.8. The minimum atomic E-state index is -0.0923. The molecule has 2 amide bonds. The maximum Gasteiger partial charge on any atom is 0.329 e. The first-order valence-corrected chi connectivity index (χ1v) is 5.21. The van der Waals surface area contributed by atoms with Crippen molar-refractivity contribution in [3.8, 4) is 0 Å². The number of hydrogen-bond donors (Lipinski definition) is 1. The molecule has 1 atom stereocenters. The summed E-state index contributed by atoms with van der Waals surface area (Å²) in [7, 11) is 0. The second kappa shape index (κ2) is 4.34. The van der Waals surface area contributed by atoms with Gasteiger partial charge in [-0.3, -0.25) is 9.36 Å². The first-order chi connectivity index (χ1) is 7.66. The first-order valence-electron chi connectivity index (χ1n) is 5.21. The van der Waals surface area contributed by atoms with Crippen LogP contribution in [-0.2, 0) is 4.79 Å². The zero-order valence-corrected chi connectivity index (χ0v) is 9.09. The van der Waals surface area contributed by atoms with Crippen LogP contribution in [0.25, 0.3) is 0 Å². The molecule has 0 bridgehead atoms. The van der Waals surface area contributed by atoms with Crippen LogP contribution >= 0.6 is 0 Å². The van der Waals surface area contributed by atoms with E-state index in [1.165, 1.54) is 17.8 Å². The molecule has 2 heterocycles. The lowest BCUT2D eigenvalue weighted by Gasteiger charge is -2.16. The lowest BCUT2D eigenvalue weighted by atomic mass is 10.3. The fraction of sp³-hybridized carbons (Fsp3) is 0.500. The van der Waals surface area contributed by atoms with E-state index in [0.717, 1.165) is 6.42 Å². The molecule has 1 aliphatic rings. The van der Waals surface area contributed by atoms with E-state index in [2.05, 4.69) is 10.3 Å². The standard InChI is InChI=1S/C10H14N4O2/c1-8(15)12-9-2-4-13(6-9)10(16)14-5-3-11-7-14/h3,5,7,9H,2,4,6H2,1H3,(H,12,15). The summed E-state index contributed by atoms with van der Waals surface area (Å²) in [6.07, 6.45) is 5.47. The Morgan fingerprint density at radius 2 is 2.31 bits per heavy atom. The number of aromatic nitrogens is 2. The molecule has 1 N–H and O–H groups in total. The molecule has 1 aromatic heterocycles. The number of nitrogens with zero attached hydrogens (tertiary/aromatic N) is 3. The molecule has 6 heteroatoms. The first kappa shape index (κ1) is 10.7. The van der Waals surface area contributed by atoms with E-state index in [9.17, 15) is 9.59 Å². The highest BCUT2D eigenvalue weighted by atomic mass is 16.2. The molecule has 1 unspecified atom stereocenters. The Bertz CT molecular complexity index is 388. The van der Waals surface area contributed by atoms with Gasteiger partial charge >= 0.3 is 6.03 Å². The average molecular weight is 222 g/mol. The summed E-state index contributed by atoms with van der Waals surface area (Å²) in [5, 5.41) is 2.81. The van der Waals surface area contributed by atoms with E-state index in [4.69, 9.17) is 0 Å². The molecule has 1 fully saturated rings. The SMILES string of the molecule is CC(=O)NC1CCN(C(=O)n2ccnc2)C1. The number of amides is 2. The van der Waals surface area contributed by atoms with Crippen LogP contribution in [0.15, 0.2) is 18.7 Å². The smallest absolute Gasteiger partial charge is 0.329 e. The van der Waals surface area contributed by atoms with Crippen LogP contribution in [0, 0.1) is 0 Å². The van der Waals surface area contributed by atoms with Crippen molar-refractivity contribution in [2.24, 2.45) is 0 Å². The van der Waals surface area contributed by atoms with E-state index < -0.39 is 0 Å². The third kappa shape index (κ3) is 2.21. The van der Waals surface area contributed by atoms with E-state index in [-0.39, 0.29) is 18.0 Å². The molecule has 1 saturated heterocycles. The van der Waals surface area contributed by atoms with Crippen LogP contribution in [0.5, 0.6) is 0 Å². The van der Waals surface area contributed by atoms with Gasteiger partial charge in [0.05, 0.1) is 0 Å². The van der Waals surface area contributed by atoms with Gasteiger partial charge in [0.2, 0.25) is 5.91 Å². The fourth-order valence-corrected chi connectivity index (χ4v) is 1.87. The van der Waals surface area contributed by atoms with Crippen molar-refractivity contribution < 1.29 is 9.59 Å². The van der Waals surface area contributed by atoms with Crippen molar-refractivity contribution >= 4 is 11.9 Å². The molecule has 0 aliphatic carbocycles. The maximum atomic E-state index is 11.9. The third-order valence-corrected chi connectivity index (χ3v) is 2.59. The quantitative estimate of drug-likeness (QED) is 0.730. The van der Waals surface area contributed by atoms with Gasteiger partial charge in [-0.15, -0.1) is 0 Å². The Kier molecular flexibility index (Phi) is 2.89. The largest absolute Gasteiger partial charge is 0.352 e. The molecular formula is C10H14N4O2. The lowest BCUT2D eigenvalue weighted by Crippen LogP contribution is -2.38. The summed E-state index contributed by atoms with van der Waals surface area (Å²) in [6.45, 7) is 2.72. The van der Waals surface area contributed by atoms with Crippen molar-refractivity contribution in [3.05, 3.63) is 18.7 Å². The van der Waals surface area contributed by atoms with Gasteiger partial charge in [0.1, 0.15) is 6.33 Å². The minimum absolute atomic E-state index is 0.0538. The molecule has 2 rings (SSSR count). The molecular weight excluding hydrogens is 208 g/mol. The van der Waals surface area contributed by atoms with E-state index >= 15 is 0 Å². The third-order valence-electron chi connectivity index (χ3n) is 2.59. The molecule has 1 aliphatic heterocycles. The van der Waals surface area contributed by atoms with Crippen LogP contribution in [0.1, 0.15) is 13.3 Å². The summed E-state index contributed by atoms with van der Waals surface area (Å²) >= 11 is 0. The van der Waals surface area contributed by atoms with Gasteiger partial charge in [0.15, 0.2) is 0 Å². The van der Waals surface area contributed by atoms with E-state index in [0.29, 0.717) is 13.1 Å². The number of imidazole rings is 1. The van der Waals surface area contributed by atoms with E-state index in [1.54, 1.807) is 17.3 Å². The monoisotopic (exact) mass is 222 g/mol. The maximum absolute atomic E-state index is 11.9. The lowest BCUT2D eigenvalue weighted by molar-refractivity contribution is -0.119. The summed E-state index contributed by atoms with van der Waals surface area (Å²) < 4.78 is 1.44. The van der Waals surface area contributed by atoms with Crippen molar-refractivity contribution in [2.45, 2.75) is 19.4 Å². The number of carbonyl (C=O) groups is 2. The summed E-state index contributed by atoms with van der Waals surface area (Å²) in [4.78, 5) is 28.3. The second-order valence-corrected chi connectivity index (χ2v) is 3.88. The Morgan fingerprint density at radius 1 is 1.50 bits per heavy atom. The Labute approximate surface area is 93.3 Å². The van der Waals surface area contributed by atoms with Gasteiger partial charge < -0.3 is 10.2 Å². The van der Waals surface area contributed by atoms with Gasteiger partial charge in [-0.1, -0.05) is 0 Å². The topological polar surface area (TPSA) is 67.2 Å². The molecule has 6 nitrogen and oxygen atoms in total. The highest BCUT2D eigenvalue weighted by molar-refractivity contribution is 5.77. The molecule has 1 aromatic rings. The van der Waals surface area contributed by atoms with Gasteiger partial charge in [-0.2, -0.15) is 0 Å². The van der Waals surface area contributed by atoms with E-state index in [1.807, 2.05) is 0 Å². The zero-order chi connectivity index (χ0) is 11.5. The van der Waals surface area contributed by atoms with Gasteiger partial charge in [-0.25, -0.2) is 9.78 Å². The Hall–Kier alpha value is -1.85. The summed E-state index contributed by atoms with van der Waals surface area (Å²) in [6, 6.07) is -0.0182. The number of rotatable bonds is 1. The molecule has 0 radical (unpaired) electrons. The van der Waals surface area contributed by atoms with Gasteiger partial charge in [-0.05, 0) is 6.42 Å². The van der Waals surface area contributed by atoms with Crippen molar-refractivity contribution in [1.29, 1.82) is 0 Å². The fourth-order valence-electron chi connectivity index (χ4n) is 1.87. The van der Waals surface area contributed by atoms with Crippen LogP contribution in [0.4, 0.5) is 4.79 Å². The van der Waals surface area contributed by atoms with Crippen LogP contribution in [0.3, 0.4) is 0 Å². The highest BCUT2D eigenvalue weighted by Gasteiger charge is 2.27. The molecule has 16 heavy (non-hydrogen) atoms. The van der Waals surface area contributed by atoms with Gasteiger partial charge in [0.25, 0.3) is 0 Å². The second-order valence-electron chi connectivity index (χ2n) is 3.88. The van der Waals surface area contributed by atoms with Crippen LogP contribution < -0.4 is 5.32 Å². The number of carbonyl (C=O) groups excluding carboxylic acids is 2. The molecule has 86 valence electrons.